The standard InChI is InChI=1S/C22H24N2O4/c1-23(2)13-6-14-24-19(15-9-11-17(25)12-10-15)18(21(27)22(24)28)20(26)16-7-4-3-5-8-16/h3-5,7-12,19,25-26H,6,13-14H2,1-2H3/b20-18-. The normalized spacial score (nSPS) is 18.8. The minimum atomic E-state index is -0.692. The highest BCUT2D eigenvalue weighted by molar-refractivity contribution is 6.46. The van der Waals surface area contributed by atoms with Crippen LogP contribution in [0.2, 0.25) is 0 Å². The minimum absolute atomic E-state index is 0.0757. The van der Waals surface area contributed by atoms with E-state index in [4.69, 9.17) is 0 Å². The first kappa shape index (κ1) is 19.6. The second-order valence-electron chi connectivity index (χ2n) is 7.11. The highest BCUT2D eigenvalue weighted by atomic mass is 16.3. The molecule has 0 bridgehead atoms. The van der Waals surface area contributed by atoms with Gasteiger partial charge in [0.25, 0.3) is 11.7 Å². The maximum absolute atomic E-state index is 12.8. The maximum Gasteiger partial charge on any atom is 0.295 e. The van der Waals surface area contributed by atoms with Gasteiger partial charge in [0.05, 0.1) is 11.6 Å². The van der Waals surface area contributed by atoms with E-state index < -0.39 is 17.7 Å². The van der Waals surface area contributed by atoms with Crippen LogP contribution in [0.1, 0.15) is 23.6 Å². The molecule has 6 heteroatoms. The number of likely N-dealkylation sites (tertiary alicyclic amines) is 1. The smallest absolute Gasteiger partial charge is 0.295 e. The van der Waals surface area contributed by atoms with Crippen LogP contribution in [0.5, 0.6) is 5.75 Å². The van der Waals surface area contributed by atoms with Crippen LogP contribution >= 0.6 is 0 Å². The molecule has 1 atom stereocenters. The number of hydrogen-bond donors (Lipinski definition) is 2. The van der Waals surface area contributed by atoms with Crippen LogP contribution in [0, 0.1) is 0 Å². The van der Waals surface area contributed by atoms with Gasteiger partial charge >= 0.3 is 0 Å². The molecule has 2 N–H and O–H groups in total. The Balaban J connectivity index is 2.07. The van der Waals surface area contributed by atoms with Crippen LogP contribution in [0.3, 0.4) is 0 Å². The van der Waals surface area contributed by atoms with E-state index in [-0.39, 0.29) is 17.1 Å². The van der Waals surface area contributed by atoms with Crippen LogP contribution in [0.4, 0.5) is 0 Å². The quantitative estimate of drug-likeness (QED) is 0.458. The number of hydrogen-bond acceptors (Lipinski definition) is 5. The lowest BCUT2D eigenvalue weighted by Crippen LogP contribution is -2.32. The fourth-order valence-corrected chi connectivity index (χ4v) is 3.42. The van der Waals surface area contributed by atoms with Gasteiger partial charge in [0.2, 0.25) is 0 Å². The van der Waals surface area contributed by atoms with Crippen molar-refractivity contribution in [3.05, 3.63) is 71.3 Å². The molecule has 1 saturated heterocycles. The Morgan fingerprint density at radius 3 is 2.29 bits per heavy atom. The van der Waals surface area contributed by atoms with Crippen molar-refractivity contribution < 1.29 is 19.8 Å². The van der Waals surface area contributed by atoms with Crippen molar-refractivity contribution >= 4 is 17.4 Å². The third-order valence-electron chi connectivity index (χ3n) is 4.80. The Bertz CT molecular complexity index is 889. The summed E-state index contributed by atoms with van der Waals surface area (Å²) in [7, 11) is 3.89. The van der Waals surface area contributed by atoms with Crippen LogP contribution in [-0.4, -0.2) is 58.9 Å². The number of aliphatic hydroxyl groups is 1. The van der Waals surface area contributed by atoms with E-state index in [1.165, 1.54) is 17.0 Å². The van der Waals surface area contributed by atoms with E-state index in [0.717, 1.165) is 6.54 Å². The van der Waals surface area contributed by atoms with Crippen molar-refractivity contribution in [2.24, 2.45) is 0 Å². The molecule has 1 fully saturated rings. The number of Topliss-reactive ketones (excluding diaryl/α,β-unsaturated/α-hetero) is 1. The molecule has 0 saturated carbocycles. The zero-order valence-corrected chi connectivity index (χ0v) is 16.0. The number of carbonyl (C=O) groups is 2. The monoisotopic (exact) mass is 380 g/mol. The lowest BCUT2D eigenvalue weighted by Gasteiger charge is -2.26. The number of phenolic OH excluding ortho intramolecular Hbond substituents is 1. The van der Waals surface area contributed by atoms with E-state index in [1.54, 1.807) is 36.4 Å². The Morgan fingerprint density at radius 1 is 1.04 bits per heavy atom. The first-order valence-electron chi connectivity index (χ1n) is 9.17. The first-order valence-corrected chi connectivity index (χ1v) is 9.17. The van der Waals surface area contributed by atoms with E-state index >= 15 is 0 Å². The summed E-state index contributed by atoms with van der Waals surface area (Å²) in [5, 5.41) is 20.5. The summed E-state index contributed by atoms with van der Waals surface area (Å²) in [5.74, 6) is -1.40. The predicted octanol–water partition coefficient (Wildman–Crippen LogP) is 2.77. The van der Waals surface area contributed by atoms with E-state index in [2.05, 4.69) is 0 Å². The van der Waals surface area contributed by atoms with Gasteiger partial charge in [0.1, 0.15) is 11.5 Å². The van der Waals surface area contributed by atoms with Gasteiger partial charge in [-0.1, -0.05) is 42.5 Å². The maximum atomic E-state index is 12.8. The SMILES string of the molecule is CN(C)CCCN1C(=O)C(=O)/C(=C(\O)c2ccccc2)C1c1ccc(O)cc1. The molecule has 0 aromatic heterocycles. The van der Waals surface area contributed by atoms with Gasteiger partial charge in [-0.2, -0.15) is 0 Å². The molecule has 0 spiro atoms. The molecule has 6 nitrogen and oxygen atoms in total. The van der Waals surface area contributed by atoms with Crippen LogP contribution < -0.4 is 0 Å². The zero-order chi connectivity index (χ0) is 20.3. The van der Waals surface area contributed by atoms with Gasteiger partial charge in [-0.3, -0.25) is 9.59 Å². The Morgan fingerprint density at radius 2 is 1.68 bits per heavy atom. The molecule has 0 aliphatic carbocycles. The Hall–Kier alpha value is -3.12. The largest absolute Gasteiger partial charge is 0.508 e. The lowest BCUT2D eigenvalue weighted by atomic mass is 9.95. The topological polar surface area (TPSA) is 81.1 Å². The van der Waals surface area contributed by atoms with Crippen molar-refractivity contribution in [2.75, 3.05) is 27.2 Å². The third kappa shape index (κ3) is 3.92. The summed E-state index contributed by atoms with van der Waals surface area (Å²) >= 11 is 0. The zero-order valence-electron chi connectivity index (χ0n) is 16.0. The number of amides is 1. The van der Waals surface area contributed by atoms with Gasteiger partial charge in [0.15, 0.2) is 0 Å². The molecule has 1 aliphatic heterocycles. The summed E-state index contributed by atoms with van der Waals surface area (Å²) in [5.41, 5.74) is 1.23. The number of benzene rings is 2. The van der Waals surface area contributed by atoms with Crippen LogP contribution in [0.15, 0.2) is 60.2 Å². The molecule has 1 unspecified atom stereocenters. The van der Waals surface area contributed by atoms with Crippen molar-refractivity contribution in [3.8, 4) is 5.75 Å². The van der Waals surface area contributed by atoms with Crippen molar-refractivity contribution in [1.82, 2.24) is 9.80 Å². The van der Waals surface area contributed by atoms with Crippen molar-refractivity contribution in [2.45, 2.75) is 12.5 Å². The molecule has 3 rings (SSSR count). The van der Waals surface area contributed by atoms with Gasteiger partial charge in [0, 0.05) is 12.1 Å². The van der Waals surface area contributed by atoms with Crippen molar-refractivity contribution in [1.29, 1.82) is 0 Å². The summed E-state index contributed by atoms with van der Waals surface area (Å²) in [6, 6.07) is 14.4. The average molecular weight is 380 g/mol. The molecule has 1 amide bonds. The summed E-state index contributed by atoms with van der Waals surface area (Å²) in [6.07, 6.45) is 0.694. The van der Waals surface area contributed by atoms with Gasteiger partial charge in [-0.25, -0.2) is 0 Å². The van der Waals surface area contributed by atoms with Crippen molar-refractivity contribution in [3.63, 3.8) is 0 Å². The lowest BCUT2D eigenvalue weighted by molar-refractivity contribution is -0.139. The number of carbonyl (C=O) groups excluding carboxylic acids is 2. The van der Waals surface area contributed by atoms with Gasteiger partial charge < -0.3 is 20.0 Å². The van der Waals surface area contributed by atoms with Crippen LogP contribution in [0.25, 0.3) is 5.76 Å². The minimum Gasteiger partial charge on any atom is -0.508 e. The summed E-state index contributed by atoms with van der Waals surface area (Å²) in [6.45, 7) is 1.16. The molecule has 1 aliphatic rings. The Labute approximate surface area is 164 Å². The Kier molecular flexibility index (Phi) is 5.80. The van der Waals surface area contributed by atoms with E-state index in [1.807, 2.05) is 25.1 Å². The summed E-state index contributed by atoms with van der Waals surface area (Å²) < 4.78 is 0. The number of nitrogens with zero attached hydrogens (tertiary/aromatic N) is 2. The molecule has 146 valence electrons. The molecular formula is C22H24N2O4. The summed E-state index contributed by atoms with van der Waals surface area (Å²) in [4.78, 5) is 29.1. The number of phenols is 1. The predicted molar refractivity (Wildman–Crippen MR) is 107 cm³/mol. The van der Waals surface area contributed by atoms with Crippen LogP contribution in [-0.2, 0) is 9.59 Å². The number of rotatable bonds is 6. The van der Waals surface area contributed by atoms with Gasteiger partial charge in [-0.15, -0.1) is 0 Å². The second-order valence-corrected chi connectivity index (χ2v) is 7.11. The number of aliphatic hydroxyl groups excluding tert-OH is 1. The molecule has 0 radical (unpaired) electrons. The highest BCUT2D eigenvalue weighted by Crippen LogP contribution is 2.39. The van der Waals surface area contributed by atoms with Gasteiger partial charge in [-0.05, 0) is 44.8 Å². The molecule has 1 heterocycles. The number of ketones is 1. The first-order chi connectivity index (χ1) is 13.4. The molecule has 2 aromatic carbocycles. The number of aromatic hydroxyl groups is 1. The van der Waals surface area contributed by atoms with E-state index in [9.17, 15) is 19.8 Å². The fraction of sp³-hybridized carbons (Fsp3) is 0.273. The van der Waals surface area contributed by atoms with E-state index in [0.29, 0.717) is 24.1 Å². The third-order valence-corrected chi connectivity index (χ3v) is 4.80. The average Bonchev–Trinajstić information content (AvgIpc) is 2.93. The molecule has 2 aromatic rings. The highest BCUT2D eigenvalue weighted by Gasteiger charge is 2.45. The molecular weight excluding hydrogens is 356 g/mol. The second kappa shape index (κ2) is 8.27. The molecule has 28 heavy (non-hydrogen) atoms. The fourth-order valence-electron chi connectivity index (χ4n) is 3.42.